The highest BCUT2D eigenvalue weighted by molar-refractivity contribution is 5.88. The van der Waals surface area contributed by atoms with E-state index in [4.69, 9.17) is 5.73 Å². The van der Waals surface area contributed by atoms with Crippen LogP contribution in [0.5, 0.6) is 5.75 Å². The summed E-state index contributed by atoms with van der Waals surface area (Å²) in [5.41, 5.74) is 5.55. The van der Waals surface area contributed by atoms with E-state index in [9.17, 15) is 22.8 Å². The number of amides is 3. The number of benzene rings is 1. The maximum Gasteiger partial charge on any atom is 0.573 e. The van der Waals surface area contributed by atoms with Crippen molar-refractivity contribution in [1.82, 2.24) is 10.2 Å². The molecule has 0 aliphatic carbocycles. The molecule has 114 valence electrons. The number of ether oxygens (including phenoxy) is 1. The number of hydrogen-bond acceptors (Lipinski definition) is 3. The van der Waals surface area contributed by atoms with Gasteiger partial charge in [-0.15, -0.1) is 13.2 Å². The second-order valence-electron chi connectivity index (χ2n) is 4.34. The lowest BCUT2D eigenvalue weighted by atomic mass is 10.0. The third-order valence-electron chi connectivity index (χ3n) is 2.92. The number of carbonyl (C=O) groups excluding carboxylic acids is 2. The molecule has 0 aromatic heterocycles. The number of primary amides is 1. The number of alkyl halides is 3. The largest absolute Gasteiger partial charge is 0.573 e. The van der Waals surface area contributed by atoms with E-state index >= 15 is 0 Å². The summed E-state index contributed by atoms with van der Waals surface area (Å²) in [4.78, 5) is 24.3. The highest BCUT2D eigenvalue weighted by atomic mass is 19.4. The van der Waals surface area contributed by atoms with E-state index in [1.807, 2.05) is 0 Å². The van der Waals surface area contributed by atoms with Crippen molar-refractivity contribution in [1.29, 1.82) is 0 Å². The normalized spacial score (nSPS) is 19.1. The molecule has 0 bridgehead atoms. The SMILES string of the molecule is NC(=O)N1CCNC(=O)[C@@H]1c1ccc(OC(F)(F)F)cc1. The average Bonchev–Trinajstić information content (AvgIpc) is 2.37. The quantitative estimate of drug-likeness (QED) is 0.859. The van der Waals surface area contributed by atoms with Crippen LogP contribution >= 0.6 is 0 Å². The number of carbonyl (C=O) groups is 2. The first-order valence-corrected chi connectivity index (χ1v) is 5.97. The lowest BCUT2D eigenvalue weighted by molar-refractivity contribution is -0.274. The number of hydrogen-bond donors (Lipinski definition) is 2. The highest BCUT2D eigenvalue weighted by Gasteiger charge is 2.34. The second-order valence-corrected chi connectivity index (χ2v) is 4.34. The molecule has 3 amide bonds. The number of urea groups is 1. The Balaban J connectivity index is 2.23. The molecule has 1 aliphatic heterocycles. The molecule has 1 aromatic carbocycles. The van der Waals surface area contributed by atoms with Crippen LogP contribution in [0.1, 0.15) is 11.6 Å². The molecule has 1 atom stereocenters. The number of piperazine rings is 1. The standard InChI is InChI=1S/C12H12F3N3O3/c13-12(14,15)21-8-3-1-7(2-4-8)9-10(19)17-5-6-18(9)11(16)20/h1-4,9H,5-6H2,(H2,16,20)(H,17,19)/t9-/m0/s1. The van der Waals surface area contributed by atoms with E-state index in [1.165, 1.54) is 12.1 Å². The summed E-state index contributed by atoms with van der Waals surface area (Å²) in [7, 11) is 0. The Labute approximate surface area is 117 Å². The van der Waals surface area contributed by atoms with E-state index in [0.717, 1.165) is 17.0 Å². The lowest BCUT2D eigenvalue weighted by Gasteiger charge is -2.34. The number of rotatable bonds is 2. The average molecular weight is 303 g/mol. The molecule has 0 radical (unpaired) electrons. The molecule has 1 aliphatic rings. The summed E-state index contributed by atoms with van der Waals surface area (Å²) < 4.78 is 40.0. The molecule has 1 saturated heterocycles. The fourth-order valence-corrected chi connectivity index (χ4v) is 2.09. The Kier molecular flexibility index (Phi) is 3.92. The van der Waals surface area contributed by atoms with Gasteiger partial charge in [-0.25, -0.2) is 4.79 Å². The predicted molar refractivity (Wildman–Crippen MR) is 65.2 cm³/mol. The Bertz CT molecular complexity index is 545. The first-order chi connectivity index (χ1) is 9.78. The third kappa shape index (κ3) is 3.56. The van der Waals surface area contributed by atoms with Crippen LogP contribution in [-0.4, -0.2) is 36.3 Å². The van der Waals surface area contributed by atoms with E-state index in [2.05, 4.69) is 10.1 Å². The van der Waals surface area contributed by atoms with Gasteiger partial charge in [-0.3, -0.25) is 4.79 Å². The Morgan fingerprint density at radius 2 is 1.95 bits per heavy atom. The molecule has 1 heterocycles. The van der Waals surface area contributed by atoms with Crippen LogP contribution in [-0.2, 0) is 4.79 Å². The zero-order valence-corrected chi connectivity index (χ0v) is 10.7. The number of nitrogens with one attached hydrogen (secondary N) is 1. The smallest absolute Gasteiger partial charge is 0.406 e. The van der Waals surface area contributed by atoms with Crippen molar-refractivity contribution in [3.8, 4) is 5.75 Å². The molecular weight excluding hydrogens is 291 g/mol. The van der Waals surface area contributed by atoms with Crippen molar-refractivity contribution in [2.75, 3.05) is 13.1 Å². The summed E-state index contributed by atoms with van der Waals surface area (Å²) in [6, 6.07) is 2.98. The van der Waals surface area contributed by atoms with Gasteiger partial charge in [-0.1, -0.05) is 12.1 Å². The van der Waals surface area contributed by atoms with E-state index < -0.39 is 30.1 Å². The van der Waals surface area contributed by atoms with Crippen molar-refractivity contribution >= 4 is 11.9 Å². The van der Waals surface area contributed by atoms with Gasteiger partial charge in [-0.2, -0.15) is 0 Å². The fourth-order valence-electron chi connectivity index (χ4n) is 2.09. The van der Waals surface area contributed by atoms with Crippen LogP contribution in [0.3, 0.4) is 0 Å². The molecule has 0 spiro atoms. The monoisotopic (exact) mass is 303 g/mol. The Hall–Kier alpha value is -2.45. The Morgan fingerprint density at radius 3 is 2.48 bits per heavy atom. The highest BCUT2D eigenvalue weighted by Crippen LogP contribution is 2.27. The predicted octanol–water partition coefficient (Wildman–Crippen LogP) is 1.14. The van der Waals surface area contributed by atoms with Gasteiger partial charge in [0.15, 0.2) is 0 Å². The molecule has 0 saturated carbocycles. The minimum Gasteiger partial charge on any atom is -0.406 e. The third-order valence-corrected chi connectivity index (χ3v) is 2.92. The van der Waals surface area contributed by atoms with Gasteiger partial charge >= 0.3 is 12.4 Å². The lowest BCUT2D eigenvalue weighted by Crippen LogP contribution is -2.53. The van der Waals surface area contributed by atoms with Gasteiger partial charge in [-0.05, 0) is 17.7 Å². The van der Waals surface area contributed by atoms with Gasteiger partial charge in [0.25, 0.3) is 0 Å². The second kappa shape index (κ2) is 5.51. The summed E-state index contributed by atoms with van der Waals surface area (Å²) in [5, 5.41) is 2.57. The van der Waals surface area contributed by atoms with Crippen molar-refractivity contribution in [3.63, 3.8) is 0 Å². The van der Waals surface area contributed by atoms with Gasteiger partial charge in [0, 0.05) is 13.1 Å². The van der Waals surface area contributed by atoms with Crippen LogP contribution < -0.4 is 15.8 Å². The molecule has 6 nitrogen and oxygen atoms in total. The molecule has 0 unspecified atom stereocenters. The van der Waals surface area contributed by atoms with Crippen LogP contribution in [0, 0.1) is 0 Å². The zero-order valence-electron chi connectivity index (χ0n) is 10.7. The van der Waals surface area contributed by atoms with Crippen molar-refractivity contribution in [2.24, 2.45) is 5.73 Å². The molecule has 9 heteroatoms. The molecular formula is C12H12F3N3O3. The zero-order chi connectivity index (χ0) is 15.6. The molecule has 2 rings (SSSR count). The fraction of sp³-hybridized carbons (Fsp3) is 0.333. The summed E-state index contributed by atoms with van der Waals surface area (Å²) >= 11 is 0. The first-order valence-electron chi connectivity index (χ1n) is 5.97. The van der Waals surface area contributed by atoms with Gasteiger partial charge in [0.2, 0.25) is 5.91 Å². The van der Waals surface area contributed by atoms with Crippen LogP contribution in [0.25, 0.3) is 0 Å². The van der Waals surface area contributed by atoms with Crippen molar-refractivity contribution in [3.05, 3.63) is 29.8 Å². The number of nitrogens with zero attached hydrogens (tertiary/aromatic N) is 1. The van der Waals surface area contributed by atoms with Crippen molar-refractivity contribution in [2.45, 2.75) is 12.4 Å². The van der Waals surface area contributed by atoms with Gasteiger partial charge in [0.1, 0.15) is 11.8 Å². The summed E-state index contributed by atoms with van der Waals surface area (Å²) in [5.74, 6) is -0.849. The van der Waals surface area contributed by atoms with E-state index in [1.54, 1.807) is 0 Å². The number of halogens is 3. The number of nitrogens with two attached hydrogens (primary N) is 1. The van der Waals surface area contributed by atoms with Crippen LogP contribution in [0.15, 0.2) is 24.3 Å². The molecule has 1 aromatic rings. The summed E-state index contributed by atoms with van der Waals surface area (Å²) in [6.07, 6.45) is -4.79. The Morgan fingerprint density at radius 1 is 1.33 bits per heavy atom. The molecule has 1 fully saturated rings. The maximum atomic E-state index is 12.1. The molecule has 3 N–H and O–H groups in total. The summed E-state index contributed by atoms with van der Waals surface area (Å²) in [6.45, 7) is 0.500. The minimum atomic E-state index is -4.79. The maximum absolute atomic E-state index is 12.1. The van der Waals surface area contributed by atoms with Gasteiger partial charge < -0.3 is 20.7 Å². The molecule has 21 heavy (non-hydrogen) atoms. The van der Waals surface area contributed by atoms with Crippen LogP contribution in [0.4, 0.5) is 18.0 Å². The van der Waals surface area contributed by atoms with Gasteiger partial charge in [0.05, 0.1) is 0 Å². The van der Waals surface area contributed by atoms with Crippen molar-refractivity contribution < 1.29 is 27.5 Å². The van der Waals surface area contributed by atoms with E-state index in [0.29, 0.717) is 5.56 Å². The first kappa shape index (κ1) is 14.9. The van der Waals surface area contributed by atoms with Crippen LogP contribution in [0.2, 0.25) is 0 Å². The topological polar surface area (TPSA) is 84.7 Å². The van der Waals surface area contributed by atoms with E-state index in [-0.39, 0.29) is 13.1 Å². The minimum absolute atomic E-state index is 0.229.